The van der Waals surface area contributed by atoms with Gasteiger partial charge in [-0.1, -0.05) is 6.92 Å². The first-order valence-electron chi connectivity index (χ1n) is 5.63. The Morgan fingerprint density at radius 2 is 2.47 bits per heavy atom. The summed E-state index contributed by atoms with van der Waals surface area (Å²) in [6.45, 7) is 6.82. The zero-order valence-corrected chi connectivity index (χ0v) is 10.3. The van der Waals surface area contributed by atoms with Crippen LogP contribution in [0.1, 0.15) is 30.3 Å². The number of aliphatic hydroxyl groups excluding tert-OH is 1. The fourth-order valence-corrected chi connectivity index (χ4v) is 3.23. The lowest BCUT2D eigenvalue weighted by molar-refractivity contribution is 0.137. The first-order chi connectivity index (χ1) is 7.22. The molecule has 2 atom stereocenters. The molecule has 0 fully saturated rings. The topological polar surface area (TPSA) is 23.5 Å². The van der Waals surface area contributed by atoms with Crippen LogP contribution >= 0.6 is 11.3 Å². The van der Waals surface area contributed by atoms with Gasteiger partial charge < -0.3 is 5.11 Å². The van der Waals surface area contributed by atoms with Crippen LogP contribution in [0.3, 0.4) is 0 Å². The van der Waals surface area contributed by atoms with Crippen molar-refractivity contribution in [2.75, 3.05) is 19.7 Å². The summed E-state index contributed by atoms with van der Waals surface area (Å²) in [7, 11) is 0. The third-order valence-electron chi connectivity index (χ3n) is 3.26. The van der Waals surface area contributed by atoms with E-state index in [-0.39, 0.29) is 0 Å². The maximum Gasteiger partial charge on any atom is 0.0468 e. The van der Waals surface area contributed by atoms with Crippen molar-refractivity contribution in [3.8, 4) is 0 Å². The lowest BCUT2D eigenvalue weighted by Crippen LogP contribution is -2.37. The number of thiophene rings is 1. The van der Waals surface area contributed by atoms with E-state index < -0.39 is 0 Å². The Hall–Kier alpha value is -0.380. The Balaban J connectivity index is 2.06. The number of rotatable bonds is 3. The highest BCUT2D eigenvalue weighted by atomic mass is 32.1. The predicted molar refractivity (Wildman–Crippen MR) is 64.3 cm³/mol. The molecule has 0 aliphatic carbocycles. The van der Waals surface area contributed by atoms with Crippen LogP contribution in [-0.4, -0.2) is 29.7 Å². The van der Waals surface area contributed by atoms with E-state index in [0.29, 0.717) is 18.6 Å². The molecule has 2 unspecified atom stereocenters. The van der Waals surface area contributed by atoms with Crippen molar-refractivity contribution in [1.29, 1.82) is 0 Å². The summed E-state index contributed by atoms with van der Waals surface area (Å²) in [6, 6.07) is 2.77. The minimum absolute atomic E-state index is 0.291. The molecule has 0 aromatic carbocycles. The second-order valence-electron chi connectivity index (χ2n) is 4.51. The minimum atomic E-state index is 0.291. The van der Waals surface area contributed by atoms with Crippen molar-refractivity contribution in [1.82, 2.24) is 4.90 Å². The van der Waals surface area contributed by atoms with E-state index in [9.17, 15) is 0 Å². The summed E-state index contributed by atoms with van der Waals surface area (Å²) in [5.74, 6) is 0.382. The zero-order chi connectivity index (χ0) is 10.8. The van der Waals surface area contributed by atoms with Gasteiger partial charge in [0.2, 0.25) is 0 Å². The summed E-state index contributed by atoms with van der Waals surface area (Å²) < 4.78 is 0. The minimum Gasteiger partial charge on any atom is -0.396 e. The monoisotopic (exact) mass is 225 g/mol. The molecule has 1 N–H and O–H groups in total. The standard InChI is InChI=1S/C12H19NOS/c1-9(8-14)7-13-5-3-12-11(10(13)2)4-6-15-12/h4,6,9-10,14H,3,5,7-8H2,1-2H3. The van der Waals surface area contributed by atoms with Gasteiger partial charge in [0.25, 0.3) is 0 Å². The maximum absolute atomic E-state index is 9.08. The molecule has 0 saturated carbocycles. The molecule has 1 aliphatic rings. The van der Waals surface area contributed by atoms with Crippen LogP contribution in [0.25, 0.3) is 0 Å². The van der Waals surface area contributed by atoms with Crippen LogP contribution in [0.5, 0.6) is 0 Å². The Kier molecular flexibility index (Phi) is 3.44. The van der Waals surface area contributed by atoms with Gasteiger partial charge in [-0.2, -0.15) is 0 Å². The maximum atomic E-state index is 9.08. The molecule has 0 radical (unpaired) electrons. The third kappa shape index (κ3) is 2.25. The van der Waals surface area contributed by atoms with Crippen molar-refractivity contribution in [2.45, 2.75) is 26.3 Å². The van der Waals surface area contributed by atoms with Crippen LogP contribution in [0.2, 0.25) is 0 Å². The SMILES string of the molecule is CC(CO)CN1CCc2sccc2C1C. The van der Waals surface area contributed by atoms with Gasteiger partial charge >= 0.3 is 0 Å². The lowest BCUT2D eigenvalue weighted by atomic mass is 10.00. The zero-order valence-electron chi connectivity index (χ0n) is 9.44. The summed E-state index contributed by atoms with van der Waals surface area (Å²) in [5, 5.41) is 11.3. The summed E-state index contributed by atoms with van der Waals surface area (Å²) in [5.41, 5.74) is 1.50. The van der Waals surface area contributed by atoms with Crippen LogP contribution < -0.4 is 0 Å². The number of fused-ring (bicyclic) bond motifs is 1. The molecule has 2 heterocycles. The molecule has 2 rings (SSSR count). The largest absolute Gasteiger partial charge is 0.396 e. The van der Waals surface area contributed by atoms with Crippen LogP contribution in [0.15, 0.2) is 11.4 Å². The fraction of sp³-hybridized carbons (Fsp3) is 0.667. The highest BCUT2D eigenvalue weighted by molar-refractivity contribution is 7.10. The van der Waals surface area contributed by atoms with E-state index in [0.717, 1.165) is 13.1 Å². The second-order valence-corrected chi connectivity index (χ2v) is 5.51. The first-order valence-corrected chi connectivity index (χ1v) is 6.51. The van der Waals surface area contributed by atoms with Gasteiger partial charge in [-0.15, -0.1) is 11.3 Å². The lowest BCUT2D eigenvalue weighted by Gasteiger charge is -2.35. The Labute approximate surface area is 95.5 Å². The normalized spacial score (nSPS) is 23.8. The highest BCUT2D eigenvalue weighted by Crippen LogP contribution is 2.32. The van der Waals surface area contributed by atoms with Crippen molar-refractivity contribution >= 4 is 11.3 Å². The van der Waals surface area contributed by atoms with E-state index in [1.54, 1.807) is 4.88 Å². The van der Waals surface area contributed by atoms with E-state index in [4.69, 9.17) is 5.11 Å². The molecule has 15 heavy (non-hydrogen) atoms. The average molecular weight is 225 g/mol. The smallest absolute Gasteiger partial charge is 0.0468 e. The molecule has 0 amide bonds. The average Bonchev–Trinajstić information content (AvgIpc) is 2.70. The van der Waals surface area contributed by atoms with Crippen molar-refractivity contribution < 1.29 is 5.11 Å². The number of hydrogen-bond donors (Lipinski definition) is 1. The van der Waals surface area contributed by atoms with Crippen LogP contribution in [-0.2, 0) is 6.42 Å². The van der Waals surface area contributed by atoms with E-state index in [2.05, 4.69) is 30.2 Å². The Morgan fingerprint density at radius 1 is 1.67 bits per heavy atom. The summed E-state index contributed by atoms with van der Waals surface area (Å²) >= 11 is 1.88. The molecular weight excluding hydrogens is 206 g/mol. The second kappa shape index (κ2) is 4.64. The summed E-state index contributed by atoms with van der Waals surface area (Å²) in [4.78, 5) is 4.03. The van der Waals surface area contributed by atoms with Gasteiger partial charge in [-0.05, 0) is 36.3 Å². The van der Waals surface area contributed by atoms with Crippen molar-refractivity contribution in [2.24, 2.45) is 5.92 Å². The molecule has 1 aliphatic heterocycles. The highest BCUT2D eigenvalue weighted by Gasteiger charge is 2.25. The molecule has 1 aromatic heterocycles. The van der Waals surface area contributed by atoms with Crippen LogP contribution in [0.4, 0.5) is 0 Å². The van der Waals surface area contributed by atoms with Crippen molar-refractivity contribution in [3.63, 3.8) is 0 Å². The molecule has 0 bridgehead atoms. The molecular formula is C12H19NOS. The number of nitrogens with zero attached hydrogens (tertiary/aromatic N) is 1. The first kappa shape index (κ1) is 11.1. The van der Waals surface area contributed by atoms with Gasteiger partial charge in [-0.25, -0.2) is 0 Å². The molecule has 3 heteroatoms. The quantitative estimate of drug-likeness (QED) is 0.853. The number of hydrogen-bond acceptors (Lipinski definition) is 3. The van der Waals surface area contributed by atoms with E-state index in [1.165, 1.54) is 12.0 Å². The third-order valence-corrected chi connectivity index (χ3v) is 4.26. The van der Waals surface area contributed by atoms with Gasteiger partial charge in [-0.3, -0.25) is 4.90 Å². The molecule has 84 valence electrons. The van der Waals surface area contributed by atoms with Crippen LogP contribution in [0, 0.1) is 5.92 Å². The van der Waals surface area contributed by atoms with E-state index in [1.807, 2.05) is 11.3 Å². The molecule has 0 saturated heterocycles. The summed E-state index contributed by atoms with van der Waals surface area (Å²) in [6.07, 6.45) is 1.18. The van der Waals surface area contributed by atoms with Crippen molar-refractivity contribution in [3.05, 3.63) is 21.9 Å². The molecule has 2 nitrogen and oxygen atoms in total. The van der Waals surface area contributed by atoms with Gasteiger partial charge in [0.1, 0.15) is 0 Å². The Morgan fingerprint density at radius 3 is 3.20 bits per heavy atom. The molecule has 1 aromatic rings. The van der Waals surface area contributed by atoms with Gasteiger partial charge in [0, 0.05) is 30.6 Å². The fourth-order valence-electron chi connectivity index (χ4n) is 2.27. The van der Waals surface area contributed by atoms with Gasteiger partial charge in [0.05, 0.1) is 0 Å². The van der Waals surface area contributed by atoms with Gasteiger partial charge in [0.15, 0.2) is 0 Å². The predicted octanol–water partition coefficient (Wildman–Crippen LogP) is 2.30. The Bertz CT molecular complexity index is 323. The number of aliphatic hydroxyl groups is 1. The molecule has 0 spiro atoms. The van der Waals surface area contributed by atoms with E-state index >= 15 is 0 Å².